The van der Waals surface area contributed by atoms with Crippen LogP contribution in [0.5, 0.6) is 5.75 Å². The number of ether oxygens (including phenoxy) is 1. The minimum Gasteiger partial charge on any atom is -0.496 e. The number of anilines is 1. The van der Waals surface area contributed by atoms with Gasteiger partial charge in [-0.05, 0) is 42.5 Å². The molecule has 0 spiro atoms. The molecule has 1 aromatic heterocycles. The summed E-state index contributed by atoms with van der Waals surface area (Å²) in [7, 11) is 3.49. The van der Waals surface area contributed by atoms with Gasteiger partial charge in [0.25, 0.3) is 0 Å². The Bertz CT molecular complexity index is 738. The van der Waals surface area contributed by atoms with Gasteiger partial charge in [-0.3, -0.25) is 4.99 Å². The van der Waals surface area contributed by atoms with E-state index in [1.807, 2.05) is 24.4 Å². The normalized spacial score (nSPS) is 14.3. The lowest BCUT2D eigenvalue weighted by Crippen LogP contribution is -2.37. The zero-order chi connectivity index (χ0) is 18.9. The quantitative estimate of drug-likeness (QED) is 0.582. The van der Waals surface area contributed by atoms with Crippen LogP contribution < -0.4 is 20.3 Å². The van der Waals surface area contributed by atoms with E-state index < -0.39 is 0 Å². The van der Waals surface area contributed by atoms with Crippen molar-refractivity contribution in [2.24, 2.45) is 4.99 Å². The highest BCUT2D eigenvalue weighted by Crippen LogP contribution is 2.18. The number of aliphatic imine (C=N–C) groups is 1. The average molecular weight is 367 g/mol. The third-order valence-electron chi connectivity index (χ3n) is 4.80. The second-order valence-corrected chi connectivity index (χ2v) is 6.63. The molecule has 6 heteroatoms. The first-order valence-electron chi connectivity index (χ1n) is 9.56. The van der Waals surface area contributed by atoms with Gasteiger partial charge in [-0.25, -0.2) is 4.98 Å². The van der Waals surface area contributed by atoms with Gasteiger partial charge in [-0.2, -0.15) is 0 Å². The number of nitrogens with one attached hydrogen (secondary N) is 2. The number of hydrogen-bond donors (Lipinski definition) is 2. The molecule has 0 atom stereocenters. The first-order chi connectivity index (χ1) is 13.3. The Morgan fingerprint density at radius 3 is 2.67 bits per heavy atom. The van der Waals surface area contributed by atoms with Crippen LogP contribution in [-0.2, 0) is 13.0 Å². The Morgan fingerprint density at radius 2 is 1.96 bits per heavy atom. The molecule has 1 aliphatic heterocycles. The van der Waals surface area contributed by atoms with Gasteiger partial charge in [0.15, 0.2) is 5.96 Å². The van der Waals surface area contributed by atoms with E-state index in [1.165, 1.54) is 18.4 Å². The molecule has 1 saturated heterocycles. The maximum Gasteiger partial charge on any atom is 0.191 e. The number of para-hydroxylation sites is 1. The third kappa shape index (κ3) is 5.36. The Hall–Kier alpha value is -2.76. The fourth-order valence-electron chi connectivity index (χ4n) is 3.29. The smallest absolute Gasteiger partial charge is 0.191 e. The maximum atomic E-state index is 5.40. The van der Waals surface area contributed by atoms with Crippen molar-refractivity contribution in [3.8, 4) is 5.75 Å². The molecule has 27 heavy (non-hydrogen) atoms. The van der Waals surface area contributed by atoms with Gasteiger partial charge < -0.3 is 20.3 Å². The first-order valence-corrected chi connectivity index (χ1v) is 9.56. The van der Waals surface area contributed by atoms with Crippen molar-refractivity contribution in [1.82, 2.24) is 15.6 Å². The van der Waals surface area contributed by atoms with Crippen LogP contribution in [0.15, 0.2) is 47.6 Å². The number of pyridine rings is 1. The van der Waals surface area contributed by atoms with E-state index in [4.69, 9.17) is 4.74 Å². The number of benzene rings is 1. The summed E-state index contributed by atoms with van der Waals surface area (Å²) in [5, 5.41) is 6.69. The molecule has 0 radical (unpaired) electrons. The van der Waals surface area contributed by atoms with Crippen LogP contribution in [0.3, 0.4) is 0 Å². The molecule has 6 nitrogen and oxygen atoms in total. The van der Waals surface area contributed by atoms with Crippen molar-refractivity contribution in [3.63, 3.8) is 0 Å². The number of hydrogen-bond acceptors (Lipinski definition) is 4. The van der Waals surface area contributed by atoms with Gasteiger partial charge >= 0.3 is 0 Å². The zero-order valence-corrected chi connectivity index (χ0v) is 16.2. The van der Waals surface area contributed by atoms with Gasteiger partial charge in [0, 0.05) is 39.4 Å². The van der Waals surface area contributed by atoms with Crippen LogP contribution in [0.25, 0.3) is 0 Å². The molecule has 0 unspecified atom stereocenters. The molecule has 2 aromatic rings. The molecule has 1 fully saturated rings. The monoisotopic (exact) mass is 367 g/mol. The van der Waals surface area contributed by atoms with Crippen LogP contribution in [0.2, 0.25) is 0 Å². The molecular weight excluding hydrogens is 338 g/mol. The van der Waals surface area contributed by atoms with Crippen LogP contribution >= 0.6 is 0 Å². The van der Waals surface area contributed by atoms with Crippen molar-refractivity contribution in [1.29, 1.82) is 0 Å². The SMILES string of the molecule is CN=C(NCCc1ccccc1OC)NCc1ccc(N2CCCC2)nc1. The fraction of sp³-hybridized carbons (Fsp3) is 0.429. The Balaban J connectivity index is 1.45. The molecular formula is C21H29N5O. The van der Waals surface area contributed by atoms with Gasteiger partial charge in [0.05, 0.1) is 7.11 Å². The summed E-state index contributed by atoms with van der Waals surface area (Å²) < 4.78 is 5.40. The highest BCUT2D eigenvalue weighted by molar-refractivity contribution is 5.79. The summed E-state index contributed by atoms with van der Waals surface area (Å²) in [4.78, 5) is 11.2. The molecule has 0 amide bonds. The number of methoxy groups -OCH3 is 1. The van der Waals surface area contributed by atoms with Crippen molar-refractivity contribution in [2.75, 3.05) is 38.7 Å². The minimum atomic E-state index is 0.696. The lowest BCUT2D eigenvalue weighted by molar-refractivity contribution is 0.409. The molecule has 2 heterocycles. The number of aromatic nitrogens is 1. The summed E-state index contributed by atoms with van der Waals surface area (Å²) in [6.07, 6.45) is 5.35. The van der Waals surface area contributed by atoms with Gasteiger partial charge in [0.2, 0.25) is 0 Å². The molecule has 1 aromatic carbocycles. The van der Waals surface area contributed by atoms with Crippen molar-refractivity contribution in [2.45, 2.75) is 25.8 Å². The van der Waals surface area contributed by atoms with E-state index in [1.54, 1.807) is 14.2 Å². The fourth-order valence-corrected chi connectivity index (χ4v) is 3.29. The van der Waals surface area contributed by atoms with Crippen LogP contribution in [0.1, 0.15) is 24.0 Å². The highest BCUT2D eigenvalue weighted by atomic mass is 16.5. The summed E-state index contributed by atoms with van der Waals surface area (Å²) in [6.45, 7) is 3.72. The van der Waals surface area contributed by atoms with Crippen molar-refractivity contribution in [3.05, 3.63) is 53.7 Å². The molecule has 0 saturated carbocycles. The van der Waals surface area contributed by atoms with Gasteiger partial charge in [-0.15, -0.1) is 0 Å². The molecule has 3 rings (SSSR count). The standard InChI is InChI=1S/C21H29N5O/c1-22-21(23-12-11-18-7-3-4-8-19(18)27-2)25-16-17-9-10-20(24-15-17)26-13-5-6-14-26/h3-4,7-10,15H,5-6,11-14,16H2,1-2H3,(H2,22,23,25). The Morgan fingerprint density at radius 1 is 1.15 bits per heavy atom. The van der Waals surface area contributed by atoms with Crippen molar-refractivity contribution >= 4 is 11.8 Å². The van der Waals surface area contributed by atoms with E-state index in [-0.39, 0.29) is 0 Å². The van der Waals surface area contributed by atoms with Crippen molar-refractivity contribution < 1.29 is 4.74 Å². The predicted molar refractivity (Wildman–Crippen MR) is 111 cm³/mol. The lowest BCUT2D eigenvalue weighted by Gasteiger charge is -2.16. The summed E-state index contributed by atoms with van der Waals surface area (Å²) in [5.41, 5.74) is 2.33. The molecule has 0 aliphatic carbocycles. The second kappa shape index (κ2) is 9.80. The predicted octanol–water partition coefficient (Wildman–Crippen LogP) is 2.60. The molecule has 144 valence electrons. The van der Waals surface area contributed by atoms with Gasteiger partial charge in [0.1, 0.15) is 11.6 Å². The number of rotatable bonds is 7. The Labute approximate surface area is 161 Å². The van der Waals surface area contributed by atoms with E-state index in [2.05, 4.69) is 43.7 Å². The third-order valence-corrected chi connectivity index (χ3v) is 4.80. The van der Waals surface area contributed by atoms with E-state index >= 15 is 0 Å². The topological polar surface area (TPSA) is 61.8 Å². The molecule has 1 aliphatic rings. The van der Waals surface area contributed by atoms with E-state index in [0.29, 0.717) is 6.54 Å². The molecule has 2 N–H and O–H groups in total. The summed E-state index contributed by atoms with van der Waals surface area (Å²) >= 11 is 0. The average Bonchev–Trinajstić information content (AvgIpc) is 3.26. The second-order valence-electron chi connectivity index (χ2n) is 6.63. The van der Waals surface area contributed by atoms with E-state index in [0.717, 1.165) is 49.1 Å². The lowest BCUT2D eigenvalue weighted by atomic mass is 10.1. The Kier molecular flexibility index (Phi) is 6.90. The van der Waals surface area contributed by atoms with Crippen LogP contribution in [0, 0.1) is 0 Å². The van der Waals surface area contributed by atoms with Crippen LogP contribution in [-0.4, -0.2) is 44.7 Å². The van der Waals surface area contributed by atoms with Crippen LogP contribution in [0.4, 0.5) is 5.82 Å². The summed E-state index contributed by atoms with van der Waals surface area (Å²) in [5.74, 6) is 2.79. The first kappa shape index (κ1) is 19.0. The largest absolute Gasteiger partial charge is 0.496 e. The number of guanidine groups is 1. The number of nitrogens with zero attached hydrogens (tertiary/aromatic N) is 3. The summed E-state index contributed by atoms with van der Waals surface area (Å²) in [6, 6.07) is 12.3. The molecule has 0 bridgehead atoms. The minimum absolute atomic E-state index is 0.696. The van der Waals surface area contributed by atoms with E-state index in [9.17, 15) is 0 Å². The highest BCUT2D eigenvalue weighted by Gasteiger charge is 2.13. The maximum absolute atomic E-state index is 5.40. The van der Waals surface area contributed by atoms with Gasteiger partial charge in [-0.1, -0.05) is 24.3 Å². The zero-order valence-electron chi connectivity index (χ0n) is 16.2.